The number of carbonyl (C=O) groups excluding carboxylic acids is 1. The summed E-state index contributed by atoms with van der Waals surface area (Å²) in [5, 5.41) is 2.92. The largest absolute Gasteiger partial charge is 0.457 e. The average Bonchev–Trinajstić information content (AvgIpc) is 2.63. The van der Waals surface area contributed by atoms with E-state index in [1.165, 1.54) is 5.56 Å². The molecule has 0 fully saturated rings. The SMILES string of the molecule is CC(C)(C)c1ccc(C(=O)Nc2ccc(Oc3ccccc3)cc2)cc1Br. The molecule has 0 heterocycles. The molecular weight excluding hydrogens is 402 g/mol. The Morgan fingerprint density at radius 3 is 2.11 bits per heavy atom. The van der Waals surface area contributed by atoms with Crippen LogP contribution in [-0.2, 0) is 5.41 Å². The van der Waals surface area contributed by atoms with Crippen LogP contribution in [0.5, 0.6) is 11.5 Å². The first-order chi connectivity index (χ1) is 12.8. The number of anilines is 1. The zero-order chi connectivity index (χ0) is 19.4. The Labute approximate surface area is 168 Å². The summed E-state index contributed by atoms with van der Waals surface area (Å²) in [5.74, 6) is 1.35. The molecule has 0 saturated heterocycles. The van der Waals surface area contributed by atoms with Gasteiger partial charge in [0.1, 0.15) is 11.5 Å². The first-order valence-corrected chi connectivity index (χ1v) is 9.56. The number of nitrogens with one attached hydrogen (secondary N) is 1. The third kappa shape index (κ3) is 4.98. The fraction of sp³-hybridized carbons (Fsp3) is 0.174. The molecule has 0 unspecified atom stereocenters. The fourth-order valence-electron chi connectivity index (χ4n) is 2.70. The van der Waals surface area contributed by atoms with E-state index in [4.69, 9.17) is 4.74 Å². The summed E-state index contributed by atoms with van der Waals surface area (Å²) >= 11 is 3.58. The first-order valence-electron chi connectivity index (χ1n) is 8.77. The van der Waals surface area contributed by atoms with Crippen molar-refractivity contribution in [2.24, 2.45) is 0 Å². The maximum absolute atomic E-state index is 12.5. The zero-order valence-electron chi connectivity index (χ0n) is 15.6. The molecule has 1 amide bonds. The summed E-state index contributed by atoms with van der Waals surface area (Å²) in [5.41, 5.74) is 2.51. The lowest BCUT2D eigenvalue weighted by atomic mass is 9.86. The number of carbonyl (C=O) groups is 1. The van der Waals surface area contributed by atoms with Crippen LogP contribution in [0.25, 0.3) is 0 Å². The molecule has 0 atom stereocenters. The monoisotopic (exact) mass is 423 g/mol. The average molecular weight is 424 g/mol. The molecule has 3 aromatic carbocycles. The van der Waals surface area contributed by atoms with Crippen LogP contribution in [0.4, 0.5) is 5.69 Å². The number of halogens is 1. The maximum atomic E-state index is 12.5. The number of hydrogen-bond acceptors (Lipinski definition) is 2. The molecule has 138 valence electrons. The minimum absolute atomic E-state index is 0.0163. The first kappa shape index (κ1) is 19.2. The third-order valence-corrected chi connectivity index (χ3v) is 4.79. The lowest BCUT2D eigenvalue weighted by Crippen LogP contribution is -2.15. The predicted octanol–water partition coefficient (Wildman–Crippen LogP) is 6.79. The van der Waals surface area contributed by atoms with E-state index in [0.717, 1.165) is 21.7 Å². The molecule has 3 nitrogen and oxygen atoms in total. The maximum Gasteiger partial charge on any atom is 0.255 e. The van der Waals surface area contributed by atoms with E-state index in [1.807, 2.05) is 72.8 Å². The number of para-hydroxylation sites is 1. The van der Waals surface area contributed by atoms with Gasteiger partial charge in [0.05, 0.1) is 0 Å². The Bertz CT molecular complexity index is 929. The van der Waals surface area contributed by atoms with Crippen LogP contribution in [0.3, 0.4) is 0 Å². The molecule has 0 aromatic heterocycles. The second-order valence-electron chi connectivity index (χ2n) is 7.34. The predicted molar refractivity (Wildman–Crippen MR) is 114 cm³/mol. The Morgan fingerprint density at radius 1 is 0.889 bits per heavy atom. The fourth-order valence-corrected chi connectivity index (χ4v) is 3.67. The van der Waals surface area contributed by atoms with Gasteiger partial charge in [-0.25, -0.2) is 0 Å². The van der Waals surface area contributed by atoms with Crippen LogP contribution in [0, 0.1) is 0 Å². The summed E-state index contributed by atoms with van der Waals surface area (Å²) < 4.78 is 6.70. The van der Waals surface area contributed by atoms with Crippen LogP contribution in [-0.4, -0.2) is 5.91 Å². The van der Waals surface area contributed by atoms with Gasteiger partial charge in [-0.15, -0.1) is 0 Å². The quantitative estimate of drug-likeness (QED) is 0.501. The summed E-state index contributed by atoms with van der Waals surface area (Å²) in [7, 11) is 0. The van der Waals surface area contributed by atoms with E-state index in [0.29, 0.717) is 5.56 Å². The molecule has 0 bridgehead atoms. The molecule has 0 aliphatic carbocycles. The van der Waals surface area contributed by atoms with Gasteiger partial charge in [0.2, 0.25) is 0 Å². The van der Waals surface area contributed by atoms with Crippen molar-refractivity contribution in [3.8, 4) is 11.5 Å². The van der Waals surface area contributed by atoms with Crippen molar-refractivity contribution in [1.82, 2.24) is 0 Å². The van der Waals surface area contributed by atoms with E-state index in [-0.39, 0.29) is 11.3 Å². The van der Waals surface area contributed by atoms with E-state index in [1.54, 1.807) is 0 Å². The molecular formula is C23H22BrNO2. The van der Waals surface area contributed by atoms with E-state index >= 15 is 0 Å². The number of hydrogen-bond donors (Lipinski definition) is 1. The number of ether oxygens (including phenoxy) is 1. The van der Waals surface area contributed by atoms with Crippen molar-refractivity contribution < 1.29 is 9.53 Å². The number of benzene rings is 3. The van der Waals surface area contributed by atoms with Crippen molar-refractivity contribution in [2.75, 3.05) is 5.32 Å². The van der Waals surface area contributed by atoms with Gasteiger partial charge in [-0.2, -0.15) is 0 Å². The molecule has 0 spiro atoms. The van der Waals surface area contributed by atoms with Crippen LogP contribution in [0.15, 0.2) is 77.3 Å². The molecule has 4 heteroatoms. The van der Waals surface area contributed by atoms with E-state index in [2.05, 4.69) is 42.0 Å². The van der Waals surface area contributed by atoms with Gasteiger partial charge in [-0.1, -0.05) is 61.0 Å². The highest BCUT2D eigenvalue weighted by atomic mass is 79.9. The normalized spacial score (nSPS) is 11.1. The van der Waals surface area contributed by atoms with Crippen LogP contribution in [0.2, 0.25) is 0 Å². The smallest absolute Gasteiger partial charge is 0.255 e. The number of rotatable bonds is 4. The molecule has 0 saturated carbocycles. The summed E-state index contributed by atoms with van der Waals surface area (Å²) in [6, 6.07) is 22.6. The lowest BCUT2D eigenvalue weighted by molar-refractivity contribution is 0.102. The summed E-state index contributed by atoms with van der Waals surface area (Å²) in [4.78, 5) is 12.5. The Balaban J connectivity index is 1.68. The Kier molecular flexibility index (Phi) is 5.66. The van der Waals surface area contributed by atoms with Gasteiger partial charge < -0.3 is 10.1 Å². The lowest BCUT2D eigenvalue weighted by Gasteiger charge is -2.21. The van der Waals surface area contributed by atoms with Gasteiger partial charge in [0.25, 0.3) is 5.91 Å². The Hall–Kier alpha value is -2.59. The highest BCUT2D eigenvalue weighted by Crippen LogP contribution is 2.30. The van der Waals surface area contributed by atoms with Gasteiger partial charge in [0, 0.05) is 15.7 Å². The zero-order valence-corrected chi connectivity index (χ0v) is 17.2. The van der Waals surface area contributed by atoms with E-state index in [9.17, 15) is 4.79 Å². The highest BCUT2D eigenvalue weighted by Gasteiger charge is 2.18. The standard InChI is InChI=1S/C23H22BrNO2/c1-23(2,3)20-14-9-16(15-21(20)24)22(26)25-17-10-12-19(13-11-17)27-18-7-5-4-6-8-18/h4-15H,1-3H3,(H,25,26). The van der Waals surface area contributed by atoms with Gasteiger partial charge in [-0.05, 0) is 59.5 Å². The summed E-state index contributed by atoms with van der Waals surface area (Å²) in [6.45, 7) is 6.43. The van der Waals surface area contributed by atoms with Crippen LogP contribution >= 0.6 is 15.9 Å². The second kappa shape index (κ2) is 7.97. The van der Waals surface area contributed by atoms with Crippen LogP contribution in [0.1, 0.15) is 36.7 Å². The molecule has 1 N–H and O–H groups in total. The molecule has 3 aromatic rings. The molecule has 0 aliphatic rings. The van der Waals surface area contributed by atoms with Crippen molar-refractivity contribution in [2.45, 2.75) is 26.2 Å². The van der Waals surface area contributed by atoms with Crippen molar-refractivity contribution in [3.63, 3.8) is 0 Å². The molecule has 0 radical (unpaired) electrons. The molecule has 27 heavy (non-hydrogen) atoms. The Morgan fingerprint density at radius 2 is 1.52 bits per heavy atom. The number of amides is 1. The minimum atomic E-state index is -0.145. The minimum Gasteiger partial charge on any atom is -0.457 e. The van der Waals surface area contributed by atoms with Gasteiger partial charge >= 0.3 is 0 Å². The third-order valence-electron chi connectivity index (χ3n) is 4.13. The topological polar surface area (TPSA) is 38.3 Å². The second-order valence-corrected chi connectivity index (χ2v) is 8.19. The highest BCUT2D eigenvalue weighted by molar-refractivity contribution is 9.10. The van der Waals surface area contributed by atoms with Gasteiger partial charge in [0.15, 0.2) is 0 Å². The summed E-state index contributed by atoms with van der Waals surface area (Å²) in [6.07, 6.45) is 0. The van der Waals surface area contributed by atoms with Gasteiger partial charge in [-0.3, -0.25) is 4.79 Å². The van der Waals surface area contributed by atoms with Crippen molar-refractivity contribution >= 4 is 27.5 Å². The van der Waals surface area contributed by atoms with E-state index < -0.39 is 0 Å². The molecule has 0 aliphatic heterocycles. The molecule has 3 rings (SSSR count). The van der Waals surface area contributed by atoms with Crippen LogP contribution < -0.4 is 10.1 Å². The van der Waals surface area contributed by atoms with Crippen molar-refractivity contribution in [3.05, 3.63) is 88.4 Å². The van der Waals surface area contributed by atoms with Crippen molar-refractivity contribution in [1.29, 1.82) is 0 Å².